The third-order valence-electron chi connectivity index (χ3n) is 5.08. The van der Waals surface area contributed by atoms with Crippen molar-refractivity contribution in [3.63, 3.8) is 0 Å². The first-order valence-corrected chi connectivity index (χ1v) is 8.75. The molecule has 6 nitrogen and oxygen atoms in total. The molecule has 0 saturated carbocycles. The number of carbonyl (C=O) groups excluding carboxylic acids is 1. The Morgan fingerprint density at radius 2 is 2.08 bits per heavy atom. The SMILES string of the molecule is O=C(NC[C@H]1CCCc2ccccc21)c1cc2cccc([N+](=O)[O-])c2[nH]1. The van der Waals surface area contributed by atoms with Gasteiger partial charge in [-0.05, 0) is 36.5 Å². The number of nitrogens with one attached hydrogen (secondary N) is 2. The molecule has 0 bridgehead atoms. The van der Waals surface area contributed by atoms with Gasteiger partial charge >= 0.3 is 0 Å². The van der Waals surface area contributed by atoms with E-state index in [0.717, 1.165) is 19.3 Å². The lowest BCUT2D eigenvalue weighted by atomic mass is 9.83. The number of H-pyrrole nitrogens is 1. The summed E-state index contributed by atoms with van der Waals surface area (Å²) >= 11 is 0. The number of para-hydroxylation sites is 1. The van der Waals surface area contributed by atoms with Crippen molar-refractivity contribution < 1.29 is 9.72 Å². The summed E-state index contributed by atoms with van der Waals surface area (Å²) in [4.78, 5) is 26.1. The first-order valence-electron chi connectivity index (χ1n) is 8.75. The molecular formula is C20H19N3O3. The molecule has 2 aromatic carbocycles. The molecule has 0 fully saturated rings. The highest BCUT2D eigenvalue weighted by molar-refractivity contribution is 6.00. The van der Waals surface area contributed by atoms with Gasteiger partial charge in [0.05, 0.1) is 4.92 Å². The number of fused-ring (bicyclic) bond motifs is 2. The number of benzene rings is 2. The van der Waals surface area contributed by atoms with Crippen LogP contribution in [-0.4, -0.2) is 22.4 Å². The topological polar surface area (TPSA) is 88.0 Å². The number of hydrogen-bond donors (Lipinski definition) is 2. The summed E-state index contributed by atoms with van der Waals surface area (Å²) in [5.41, 5.74) is 3.37. The van der Waals surface area contributed by atoms with E-state index in [1.807, 2.05) is 6.07 Å². The molecule has 3 aromatic rings. The number of nitrogens with zero attached hydrogens (tertiary/aromatic N) is 1. The third-order valence-corrected chi connectivity index (χ3v) is 5.08. The first kappa shape index (κ1) is 16.3. The van der Waals surface area contributed by atoms with Crippen LogP contribution in [0.15, 0.2) is 48.5 Å². The summed E-state index contributed by atoms with van der Waals surface area (Å²) in [6.07, 6.45) is 3.26. The zero-order chi connectivity index (χ0) is 18.1. The molecule has 6 heteroatoms. The van der Waals surface area contributed by atoms with Crippen molar-refractivity contribution in [1.82, 2.24) is 10.3 Å². The molecule has 0 radical (unpaired) electrons. The van der Waals surface area contributed by atoms with Gasteiger partial charge in [-0.1, -0.05) is 36.4 Å². The van der Waals surface area contributed by atoms with Crippen molar-refractivity contribution >= 4 is 22.5 Å². The first-order chi connectivity index (χ1) is 12.6. The van der Waals surface area contributed by atoms with Crippen molar-refractivity contribution in [3.8, 4) is 0 Å². The van der Waals surface area contributed by atoms with Gasteiger partial charge in [-0.25, -0.2) is 0 Å². The minimum Gasteiger partial charge on any atom is -0.350 e. The van der Waals surface area contributed by atoms with Crippen molar-refractivity contribution in [2.45, 2.75) is 25.2 Å². The lowest BCUT2D eigenvalue weighted by Gasteiger charge is -2.25. The molecule has 26 heavy (non-hydrogen) atoms. The van der Waals surface area contributed by atoms with E-state index in [1.165, 1.54) is 17.2 Å². The lowest BCUT2D eigenvalue weighted by molar-refractivity contribution is -0.383. The van der Waals surface area contributed by atoms with Gasteiger partial charge in [0.2, 0.25) is 0 Å². The minimum atomic E-state index is -0.445. The average molecular weight is 349 g/mol. The van der Waals surface area contributed by atoms with E-state index >= 15 is 0 Å². The molecule has 132 valence electrons. The Hall–Kier alpha value is -3.15. The monoisotopic (exact) mass is 349 g/mol. The van der Waals surface area contributed by atoms with Gasteiger partial charge in [0, 0.05) is 23.9 Å². The van der Waals surface area contributed by atoms with Gasteiger partial charge in [0.1, 0.15) is 11.2 Å². The van der Waals surface area contributed by atoms with E-state index in [1.54, 1.807) is 18.2 Å². The molecule has 1 aliphatic carbocycles. The fourth-order valence-corrected chi connectivity index (χ4v) is 3.79. The smallest absolute Gasteiger partial charge is 0.293 e. The van der Waals surface area contributed by atoms with Gasteiger partial charge in [-0.2, -0.15) is 0 Å². The maximum absolute atomic E-state index is 12.5. The molecule has 2 N–H and O–H groups in total. The van der Waals surface area contributed by atoms with Crippen molar-refractivity contribution in [2.24, 2.45) is 0 Å². The van der Waals surface area contributed by atoms with Crippen LogP contribution >= 0.6 is 0 Å². The fourth-order valence-electron chi connectivity index (χ4n) is 3.79. The number of carbonyl (C=O) groups is 1. The number of amides is 1. The molecule has 1 aliphatic rings. The summed E-state index contributed by atoms with van der Waals surface area (Å²) in [5, 5.41) is 14.8. The highest BCUT2D eigenvalue weighted by Crippen LogP contribution is 2.31. The predicted octanol–water partition coefficient (Wildman–Crippen LogP) is 3.93. The molecule has 0 spiro atoms. The number of aromatic amines is 1. The van der Waals surface area contributed by atoms with Gasteiger partial charge in [-0.15, -0.1) is 0 Å². The Kier molecular flexibility index (Phi) is 4.16. The van der Waals surface area contributed by atoms with Crippen LogP contribution in [0.5, 0.6) is 0 Å². The van der Waals surface area contributed by atoms with Crippen LogP contribution in [-0.2, 0) is 6.42 Å². The van der Waals surface area contributed by atoms with Crippen LogP contribution in [0.4, 0.5) is 5.69 Å². The number of aryl methyl sites for hydroxylation is 1. The average Bonchev–Trinajstić information content (AvgIpc) is 3.10. The zero-order valence-corrected chi connectivity index (χ0v) is 14.2. The summed E-state index contributed by atoms with van der Waals surface area (Å²) in [7, 11) is 0. The normalized spacial score (nSPS) is 16.2. The Morgan fingerprint density at radius 1 is 1.23 bits per heavy atom. The highest BCUT2D eigenvalue weighted by atomic mass is 16.6. The molecule has 4 rings (SSSR count). The Bertz CT molecular complexity index is 993. The van der Waals surface area contributed by atoms with Crippen LogP contribution < -0.4 is 5.32 Å². The van der Waals surface area contributed by atoms with Crippen LogP contribution in [0.2, 0.25) is 0 Å². The molecular weight excluding hydrogens is 330 g/mol. The standard InChI is InChI=1S/C20H19N3O3/c24-20(17-11-14-7-4-10-18(23(25)26)19(14)22-17)21-12-15-8-3-6-13-5-1-2-9-16(13)15/h1-2,4-5,7,9-11,15,22H,3,6,8,12H2,(H,21,24)/t15-/m1/s1. The second kappa shape index (κ2) is 6.63. The summed E-state index contributed by atoms with van der Waals surface area (Å²) in [6.45, 7) is 0.563. The molecule has 0 saturated heterocycles. The largest absolute Gasteiger partial charge is 0.350 e. The molecule has 1 aromatic heterocycles. The lowest BCUT2D eigenvalue weighted by Crippen LogP contribution is -2.30. The highest BCUT2D eigenvalue weighted by Gasteiger charge is 2.21. The van der Waals surface area contributed by atoms with Crippen LogP contribution in [0, 0.1) is 10.1 Å². The Balaban J connectivity index is 1.52. The fraction of sp³-hybridized carbons (Fsp3) is 0.250. The van der Waals surface area contributed by atoms with Crippen molar-refractivity contribution in [3.05, 3.63) is 75.5 Å². The Morgan fingerprint density at radius 3 is 2.92 bits per heavy atom. The van der Waals surface area contributed by atoms with Gasteiger partial charge in [-0.3, -0.25) is 14.9 Å². The summed E-state index contributed by atoms with van der Waals surface area (Å²) < 4.78 is 0. The second-order valence-corrected chi connectivity index (χ2v) is 6.68. The molecule has 0 unspecified atom stereocenters. The van der Waals surface area contributed by atoms with E-state index < -0.39 is 4.92 Å². The number of aromatic nitrogens is 1. The number of nitro groups is 1. The van der Waals surface area contributed by atoms with E-state index in [0.29, 0.717) is 29.1 Å². The maximum Gasteiger partial charge on any atom is 0.293 e. The Labute approximate surface area is 150 Å². The quantitative estimate of drug-likeness (QED) is 0.552. The summed E-state index contributed by atoms with van der Waals surface area (Å²) in [6, 6.07) is 14.8. The third kappa shape index (κ3) is 2.94. The van der Waals surface area contributed by atoms with Crippen LogP contribution in [0.25, 0.3) is 10.9 Å². The van der Waals surface area contributed by atoms with Crippen molar-refractivity contribution in [1.29, 1.82) is 0 Å². The van der Waals surface area contributed by atoms with E-state index in [4.69, 9.17) is 0 Å². The van der Waals surface area contributed by atoms with Gasteiger partial charge in [0.25, 0.3) is 11.6 Å². The van der Waals surface area contributed by atoms with Crippen molar-refractivity contribution in [2.75, 3.05) is 6.54 Å². The number of nitro benzene ring substituents is 1. The second-order valence-electron chi connectivity index (χ2n) is 6.68. The van der Waals surface area contributed by atoms with E-state index in [2.05, 4.69) is 28.5 Å². The van der Waals surface area contributed by atoms with E-state index in [9.17, 15) is 14.9 Å². The van der Waals surface area contributed by atoms with Gasteiger partial charge in [0.15, 0.2) is 0 Å². The molecule has 1 amide bonds. The van der Waals surface area contributed by atoms with Gasteiger partial charge < -0.3 is 10.3 Å². The maximum atomic E-state index is 12.5. The predicted molar refractivity (Wildman–Crippen MR) is 99.4 cm³/mol. The summed E-state index contributed by atoms with van der Waals surface area (Å²) in [5.74, 6) is 0.0705. The zero-order valence-electron chi connectivity index (χ0n) is 14.2. The minimum absolute atomic E-state index is 0.0252. The molecule has 0 aliphatic heterocycles. The number of hydrogen-bond acceptors (Lipinski definition) is 3. The molecule has 1 atom stereocenters. The number of rotatable bonds is 4. The van der Waals surface area contributed by atoms with Crippen LogP contribution in [0.3, 0.4) is 0 Å². The molecule has 1 heterocycles. The van der Waals surface area contributed by atoms with E-state index in [-0.39, 0.29) is 11.6 Å². The van der Waals surface area contributed by atoms with Crippen LogP contribution in [0.1, 0.15) is 40.4 Å². The number of non-ortho nitro benzene ring substituents is 1.